The van der Waals surface area contributed by atoms with E-state index in [-0.39, 0.29) is 6.29 Å². The lowest BCUT2D eigenvalue weighted by molar-refractivity contribution is -0.135. The van der Waals surface area contributed by atoms with Crippen molar-refractivity contribution in [2.24, 2.45) is 0 Å². The van der Waals surface area contributed by atoms with Crippen LogP contribution in [0, 0.1) is 0 Å². The Balaban J connectivity index is 4.78. The first-order valence-corrected chi connectivity index (χ1v) is 3.47. The third-order valence-electron chi connectivity index (χ3n) is 1.20. The summed E-state index contributed by atoms with van der Waals surface area (Å²) in [4.78, 5) is 31.7. The van der Waals surface area contributed by atoms with Crippen molar-refractivity contribution in [1.29, 1.82) is 0 Å². The number of rotatable bonds is 4. The van der Waals surface area contributed by atoms with E-state index in [2.05, 4.69) is 16.1 Å². The number of hydrogen-bond donors (Lipinski definition) is 0. The second-order valence-electron chi connectivity index (χ2n) is 1.94. The minimum Gasteiger partial charge on any atom is -0.438 e. The number of carbonyl (C=O) groups is 3. The molecule has 0 spiro atoms. The van der Waals surface area contributed by atoms with Gasteiger partial charge in [-0.05, 0) is 17.7 Å². The van der Waals surface area contributed by atoms with Gasteiger partial charge in [0.05, 0.1) is 7.11 Å². The van der Waals surface area contributed by atoms with Crippen molar-refractivity contribution in [1.82, 2.24) is 0 Å². The molecule has 0 aliphatic heterocycles. The van der Waals surface area contributed by atoms with Crippen LogP contribution in [0.2, 0.25) is 0 Å². The third kappa shape index (κ3) is 2.55. The van der Waals surface area contributed by atoms with Gasteiger partial charge in [-0.1, -0.05) is 6.58 Å². The molecule has 1 atom stereocenters. The molecular formula is C7H7ClO5. The second-order valence-corrected chi connectivity index (χ2v) is 2.29. The van der Waals surface area contributed by atoms with Crippen LogP contribution in [0.1, 0.15) is 0 Å². The molecule has 0 heterocycles. The molecule has 0 rings (SSSR count). The Morgan fingerprint density at radius 2 is 2.08 bits per heavy atom. The first-order valence-electron chi connectivity index (χ1n) is 3.09. The van der Waals surface area contributed by atoms with Gasteiger partial charge in [0.15, 0.2) is 6.29 Å². The summed E-state index contributed by atoms with van der Waals surface area (Å²) in [6, 6.07) is 0. The molecule has 1 unspecified atom stereocenters. The summed E-state index contributed by atoms with van der Waals surface area (Å²) >= 11 is 5.03. The lowest BCUT2D eigenvalue weighted by atomic mass is 10.1. The zero-order valence-corrected chi connectivity index (χ0v) is 7.54. The van der Waals surface area contributed by atoms with Crippen molar-refractivity contribution in [2.45, 2.75) is 5.60 Å². The van der Waals surface area contributed by atoms with Crippen molar-refractivity contribution in [3.05, 3.63) is 12.7 Å². The van der Waals surface area contributed by atoms with E-state index in [1.807, 2.05) is 0 Å². The molecule has 0 N–H and O–H groups in total. The molecule has 0 fully saturated rings. The number of ether oxygens (including phenoxy) is 2. The highest BCUT2D eigenvalue weighted by atomic mass is 35.5. The van der Waals surface area contributed by atoms with E-state index in [0.29, 0.717) is 0 Å². The van der Waals surface area contributed by atoms with Crippen molar-refractivity contribution in [3.63, 3.8) is 0 Å². The molecule has 0 aromatic carbocycles. The molecule has 0 radical (unpaired) electrons. The minimum atomic E-state index is -2.16. The van der Waals surface area contributed by atoms with Crippen LogP contribution < -0.4 is 0 Å². The molecule has 72 valence electrons. The quantitative estimate of drug-likeness (QED) is 0.222. The first kappa shape index (κ1) is 11.6. The molecule has 13 heavy (non-hydrogen) atoms. The number of methoxy groups -OCH3 is 1. The largest absolute Gasteiger partial charge is 0.509 e. The maximum absolute atomic E-state index is 10.7. The van der Waals surface area contributed by atoms with Gasteiger partial charge in [-0.3, -0.25) is 9.59 Å². The topological polar surface area (TPSA) is 69.7 Å². The normalized spacial score (nSPS) is 13.7. The van der Waals surface area contributed by atoms with Crippen LogP contribution in [0.15, 0.2) is 12.7 Å². The Morgan fingerprint density at radius 3 is 2.31 bits per heavy atom. The fourth-order valence-corrected chi connectivity index (χ4v) is 0.620. The molecule has 0 aliphatic rings. The monoisotopic (exact) mass is 206 g/mol. The zero-order valence-electron chi connectivity index (χ0n) is 6.78. The summed E-state index contributed by atoms with van der Waals surface area (Å²) in [5.41, 5.74) is -2.16. The van der Waals surface area contributed by atoms with Crippen molar-refractivity contribution in [3.8, 4) is 0 Å². The Kier molecular flexibility index (Phi) is 4.13. The minimum absolute atomic E-state index is 0.0618. The molecule has 0 aliphatic carbocycles. The van der Waals surface area contributed by atoms with Crippen molar-refractivity contribution >= 4 is 29.3 Å². The highest BCUT2D eigenvalue weighted by molar-refractivity contribution is 6.67. The van der Waals surface area contributed by atoms with Crippen LogP contribution in [-0.4, -0.2) is 30.4 Å². The highest BCUT2D eigenvalue weighted by Crippen LogP contribution is 2.14. The Labute approximate surface area is 79.3 Å². The van der Waals surface area contributed by atoms with Gasteiger partial charge < -0.3 is 9.47 Å². The van der Waals surface area contributed by atoms with Gasteiger partial charge in [0, 0.05) is 0 Å². The van der Waals surface area contributed by atoms with Gasteiger partial charge in [-0.15, -0.1) is 0 Å². The van der Waals surface area contributed by atoms with Crippen LogP contribution >= 0.6 is 11.6 Å². The van der Waals surface area contributed by atoms with E-state index >= 15 is 0 Å². The Morgan fingerprint density at radius 1 is 1.54 bits per heavy atom. The summed E-state index contributed by atoms with van der Waals surface area (Å²) in [5.74, 6) is 0. The van der Waals surface area contributed by atoms with E-state index < -0.39 is 17.0 Å². The third-order valence-corrected chi connectivity index (χ3v) is 1.50. The standard InChI is InChI=1S/C7H7ClO5/c1-3-7(4-9,5(8)10)13-6(11)12-2/h3-4H,1H2,2H3. The Hall–Kier alpha value is -1.36. The molecule has 6 heteroatoms. The molecular weight excluding hydrogens is 200 g/mol. The van der Waals surface area contributed by atoms with E-state index in [4.69, 9.17) is 11.6 Å². The van der Waals surface area contributed by atoms with Gasteiger partial charge in [0.2, 0.25) is 0 Å². The summed E-state index contributed by atoms with van der Waals surface area (Å²) < 4.78 is 8.40. The number of halogens is 1. The van der Waals surface area contributed by atoms with E-state index in [9.17, 15) is 14.4 Å². The van der Waals surface area contributed by atoms with Crippen LogP contribution in [0.25, 0.3) is 0 Å². The maximum Gasteiger partial charge on any atom is 0.509 e. The summed E-state index contributed by atoms with van der Waals surface area (Å²) in [6.07, 6.45) is -0.320. The second kappa shape index (κ2) is 4.61. The lowest BCUT2D eigenvalue weighted by Crippen LogP contribution is -2.40. The fourth-order valence-electron chi connectivity index (χ4n) is 0.460. The smallest absolute Gasteiger partial charge is 0.438 e. The summed E-state index contributed by atoms with van der Waals surface area (Å²) in [6.45, 7) is 3.14. The molecule has 0 aromatic rings. The Bertz CT molecular complexity index is 239. The van der Waals surface area contributed by atoms with Crippen LogP contribution in [0.5, 0.6) is 0 Å². The maximum atomic E-state index is 10.7. The average molecular weight is 207 g/mol. The molecule has 0 bridgehead atoms. The van der Waals surface area contributed by atoms with Crippen molar-refractivity contribution in [2.75, 3.05) is 7.11 Å². The fraction of sp³-hybridized carbons (Fsp3) is 0.286. The van der Waals surface area contributed by atoms with E-state index in [1.165, 1.54) is 0 Å². The molecule has 0 aromatic heterocycles. The van der Waals surface area contributed by atoms with Crippen molar-refractivity contribution < 1.29 is 23.9 Å². The predicted octanol–water partition coefficient (Wildman–Crippen LogP) is 0.658. The zero-order chi connectivity index (χ0) is 10.5. The summed E-state index contributed by atoms with van der Waals surface area (Å²) in [7, 11) is 1.03. The van der Waals surface area contributed by atoms with Crippen LogP contribution in [-0.2, 0) is 19.1 Å². The number of aldehydes is 1. The van der Waals surface area contributed by atoms with Gasteiger partial charge in [0.25, 0.3) is 10.8 Å². The van der Waals surface area contributed by atoms with Gasteiger partial charge in [-0.25, -0.2) is 4.79 Å². The average Bonchev–Trinajstić information content (AvgIpc) is 2.13. The molecule has 0 amide bonds. The molecule has 5 nitrogen and oxygen atoms in total. The van der Waals surface area contributed by atoms with Crippen LogP contribution in [0.3, 0.4) is 0 Å². The first-order chi connectivity index (χ1) is 6.02. The predicted molar refractivity (Wildman–Crippen MR) is 43.3 cm³/mol. The molecule has 0 saturated heterocycles. The lowest BCUT2D eigenvalue weighted by Gasteiger charge is -2.18. The molecule has 0 saturated carbocycles. The van der Waals surface area contributed by atoms with E-state index in [0.717, 1.165) is 13.2 Å². The van der Waals surface area contributed by atoms with Gasteiger partial charge in [0.1, 0.15) is 0 Å². The van der Waals surface area contributed by atoms with E-state index in [1.54, 1.807) is 0 Å². The SMILES string of the molecule is C=CC(C=O)(OC(=O)OC)C(=O)Cl. The number of hydrogen-bond acceptors (Lipinski definition) is 5. The van der Waals surface area contributed by atoms with Crippen LogP contribution in [0.4, 0.5) is 4.79 Å². The summed E-state index contributed by atoms with van der Waals surface area (Å²) in [5, 5.41) is -1.16. The highest BCUT2D eigenvalue weighted by Gasteiger charge is 2.38. The van der Waals surface area contributed by atoms with Gasteiger partial charge >= 0.3 is 6.16 Å². The number of carbonyl (C=O) groups excluding carboxylic acids is 3. The van der Waals surface area contributed by atoms with Gasteiger partial charge in [-0.2, -0.15) is 0 Å².